The van der Waals surface area contributed by atoms with Crippen LogP contribution in [0.2, 0.25) is 5.02 Å². The zero-order valence-electron chi connectivity index (χ0n) is 16.0. The molecule has 3 aromatic heterocycles. The fraction of sp³-hybridized carbons (Fsp3) is 0.143. The fourth-order valence-corrected chi connectivity index (χ4v) is 4.30. The average molecular weight is 455 g/mol. The monoisotopic (exact) mass is 454 g/mol. The second-order valence-electron chi connectivity index (χ2n) is 6.86. The van der Waals surface area contributed by atoms with Gasteiger partial charge >= 0.3 is 5.76 Å². The van der Waals surface area contributed by atoms with Crippen LogP contribution in [-0.2, 0) is 11.3 Å². The highest BCUT2D eigenvalue weighted by atomic mass is 35.5. The summed E-state index contributed by atoms with van der Waals surface area (Å²) in [7, 11) is 0. The van der Waals surface area contributed by atoms with Gasteiger partial charge in [-0.1, -0.05) is 35.0 Å². The van der Waals surface area contributed by atoms with E-state index in [2.05, 4.69) is 10.3 Å². The molecule has 31 heavy (non-hydrogen) atoms. The number of hydrogen-bond donors (Lipinski definition) is 0. The average Bonchev–Trinajstić information content (AvgIpc) is 3.56. The van der Waals surface area contributed by atoms with Crippen molar-refractivity contribution in [3.05, 3.63) is 87.1 Å². The van der Waals surface area contributed by atoms with Crippen LogP contribution in [0.15, 0.2) is 79.0 Å². The number of hydrazone groups is 1. The zero-order valence-corrected chi connectivity index (χ0v) is 17.5. The number of carbonyl (C=O) groups excluding carboxylic acids is 1. The first-order chi connectivity index (χ1) is 15.1. The molecule has 4 aromatic rings. The lowest BCUT2D eigenvalue weighted by molar-refractivity contribution is -0.134. The first-order valence-corrected chi connectivity index (χ1v) is 10.6. The Morgan fingerprint density at radius 1 is 1.19 bits per heavy atom. The number of halogens is 1. The van der Waals surface area contributed by atoms with Crippen LogP contribution in [0.3, 0.4) is 0 Å². The number of aromatic nitrogens is 2. The third-order valence-electron chi connectivity index (χ3n) is 4.94. The minimum absolute atomic E-state index is 0.260. The third kappa shape index (κ3) is 3.73. The minimum Gasteiger partial charge on any atom is -0.467 e. The van der Waals surface area contributed by atoms with Crippen molar-refractivity contribution in [3.63, 3.8) is 0 Å². The third-order valence-corrected chi connectivity index (χ3v) is 6.05. The summed E-state index contributed by atoms with van der Waals surface area (Å²) >= 11 is 7.39. The van der Waals surface area contributed by atoms with Crippen molar-refractivity contribution in [2.45, 2.75) is 19.0 Å². The van der Waals surface area contributed by atoms with Crippen molar-refractivity contribution < 1.29 is 13.7 Å². The quantitative estimate of drug-likeness (QED) is 0.450. The first kappa shape index (κ1) is 19.5. The topological polar surface area (TPSA) is 93.8 Å². The van der Waals surface area contributed by atoms with Crippen molar-refractivity contribution in [1.29, 1.82) is 0 Å². The number of carbonyl (C=O) groups is 1. The second-order valence-corrected chi connectivity index (χ2v) is 8.25. The van der Waals surface area contributed by atoms with Crippen LogP contribution in [0, 0.1) is 0 Å². The molecule has 0 radical (unpaired) electrons. The summed E-state index contributed by atoms with van der Waals surface area (Å²) in [5.41, 5.74) is 1.58. The van der Waals surface area contributed by atoms with Crippen LogP contribution < -0.4 is 5.76 Å². The van der Waals surface area contributed by atoms with Gasteiger partial charge in [-0.3, -0.25) is 9.32 Å². The highest BCUT2D eigenvalue weighted by Crippen LogP contribution is 2.33. The van der Waals surface area contributed by atoms with Gasteiger partial charge in [0.05, 0.1) is 16.9 Å². The Morgan fingerprint density at radius 3 is 2.74 bits per heavy atom. The van der Waals surface area contributed by atoms with Gasteiger partial charge in [0.25, 0.3) is 5.91 Å². The number of benzene rings is 1. The summed E-state index contributed by atoms with van der Waals surface area (Å²) in [6, 6.07) is 14.0. The van der Waals surface area contributed by atoms with Crippen molar-refractivity contribution >= 4 is 34.6 Å². The Labute approximate surface area is 185 Å². The Balaban J connectivity index is 1.48. The predicted molar refractivity (Wildman–Crippen MR) is 115 cm³/mol. The molecular weight excluding hydrogens is 440 g/mol. The summed E-state index contributed by atoms with van der Waals surface area (Å²) in [6.07, 6.45) is 2.02. The molecule has 1 aromatic carbocycles. The van der Waals surface area contributed by atoms with Gasteiger partial charge in [0, 0.05) is 11.4 Å². The molecule has 0 unspecified atom stereocenters. The summed E-state index contributed by atoms with van der Waals surface area (Å²) in [6.45, 7) is -0.260. The molecule has 0 N–H and O–H groups in total. The van der Waals surface area contributed by atoms with Crippen molar-refractivity contribution in [2.24, 2.45) is 5.10 Å². The molecular formula is C21H15ClN4O4S. The summed E-state index contributed by atoms with van der Waals surface area (Å²) in [5, 5.41) is 12.2. The van der Waals surface area contributed by atoms with E-state index in [4.69, 9.17) is 20.5 Å². The number of thiophene rings is 1. The number of furan rings is 1. The fourth-order valence-electron chi connectivity index (χ4n) is 3.46. The van der Waals surface area contributed by atoms with Crippen molar-refractivity contribution in [1.82, 2.24) is 14.7 Å². The van der Waals surface area contributed by atoms with Gasteiger partial charge in [-0.2, -0.15) is 5.10 Å². The van der Waals surface area contributed by atoms with E-state index in [-0.39, 0.29) is 12.5 Å². The van der Waals surface area contributed by atoms with Gasteiger partial charge in [-0.25, -0.2) is 14.4 Å². The number of amides is 1. The van der Waals surface area contributed by atoms with E-state index in [1.807, 2.05) is 23.6 Å². The Kier molecular flexibility index (Phi) is 5.05. The maximum atomic E-state index is 13.3. The highest BCUT2D eigenvalue weighted by molar-refractivity contribution is 7.13. The maximum Gasteiger partial charge on any atom is 0.442 e. The Hall–Kier alpha value is -3.43. The van der Waals surface area contributed by atoms with Crippen LogP contribution in [0.4, 0.5) is 0 Å². The van der Waals surface area contributed by atoms with E-state index < -0.39 is 11.8 Å². The van der Waals surface area contributed by atoms with Crippen LogP contribution in [-0.4, -0.2) is 26.4 Å². The molecule has 1 aliphatic rings. The summed E-state index contributed by atoms with van der Waals surface area (Å²) in [5.74, 6) is -0.165. The van der Waals surface area contributed by atoms with Gasteiger partial charge in [0.15, 0.2) is 5.82 Å². The number of nitrogens with zero attached hydrogens (tertiary/aromatic N) is 4. The van der Waals surface area contributed by atoms with Crippen molar-refractivity contribution in [2.75, 3.05) is 0 Å². The second kappa shape index (κ2) is 8.01. The maximum absolute atomic E-state index is 13.3. The minimum atomic E-state index is -0.701. The SMILES string of the molecule is O=C(Cn1c(-c2cccs2)noc1=O)N1N=C(c2ccc(Cl)cc2)C[C@@H]1c1ccco1. The molecule has 0 saturated carbocycles. The van der Waals surface area contributed by atoms with E-state index in [0.717, 1.165) is 16.2 Å². The van der Waals surface area contributed by atoms with Crippen LogP contribution >= 0.6 is 22.9 Å². The molecule has 0 bridgehead atoms. The molecule has 1 amide bonds. The van der Waals surface area contributed by atoms with Crippen molar-refractivity contribution in [3.8, 4) is 10.7 Å². The van der Waals surface area contributed by atoms with Gasteiger partial charge in [-0.05, 0) is 41.3 Å². The molecule has 0 aliphatic carbocycles. The van der Waals surface area contributed by atoms with E-state index >= 15 is 0 Å². The summed E-state index contributed by atoms with van der Waals surface area (Å²) in [4.78, 5) is 26.2. The standard InChI is InChI=1S/C21H15ClN4O4S/c22-14-7-5-13(6-8-14)15-11-16(17-3-1-9-29-17)26(23-15)19(27)12-25-20(24-30-21(25)28)18-4-2-10-31-18/h1-10,16H,11-12H2/t16-/m1/s1. The van der Waals surface area contributed by atoms with E-state index in [0.29, 0.717) is 23.0 Å². The van der Waals surface area contributed by atoms with Gasteiger partial charge < -0.3 is 4.42 Å². The molecule has 0 fully saturated rings. The molecule has 10 heteroatoms. The van der Waals surface area contributed by atoms with Gasteiger partial charge in [-0.15, -0.1) is 11.3 Å². The normalized spacial score (nSPS) is 16.0. The Bertz CT molecular complexity index is 1290. The lowest BCUT2D eigenvalue weighted by atomic mass is 10.0. The Morgan fingerprint density at radius 2 is 2.03 bits per heavy atom. The zero-order chi connectivity index (χ0) is 21.4. The van der Waals surface area contributed by atoms with Crippen LogP contribution in [0.5, 0.6) is 0 Å². The molecule has 1 atom stereocenters. The van der Waals surface area contributed by atoms with E-state index in [1.165, 1.54) is 20.9 Å². The number of rotatable bonds is 5. The number of hydrogen-bond acceptors (Lipinski definition) is 7. The van der Waals surface area contributed by atoms with E-state index in [9.17, 15) is 9.59 Å². The van der Waals surface area contributed by atoms with Crippen LogP contribution in [0.25, 0.3) is 10.7 Å². The smallest absolute Gasteiger partial charge is 0.442 e. The molecule has 0 spiro atoms. The lowest BCUT2D eigenvalue weighted by Gasteiger charge is -2.19. The lowest BCUT2D eigenvalue weighted by Crippen LogP contribution is -2.33. The van der Waals surface area contributed by atoms with E-state index in [1.54, 1.807) is 36.6 Å². The van der Waals surface area contributed by atoms with Gasteiger partial charge in [0.2, 0.25) is 0 Å². The molecule has 5 rings (SSSR count). The molecule has 4 heterocycles. The molecule has 0 saturated heterocycles. The predicted octanol–water partition coefficient (Wildman–Crippen LogP) is 4.19. The van der Waals surface area contributed by atoms with Crippen LogP contribution in [0.1, 0.15) is 23.8 Å². The largest absolute Gasteiger partial charge is 0.467 e. The molecule has 156 valence electrons. The first-order valence-electron chi connectivity index (χ1n) is 9.39. The molecule has 1 aliphatic heterocycles. The summed E-state index contributed by atoms with van der Waals surface area (Å²) < 4.78 is 11.6. The molecule has 8 nitrogen and oxygen atoms in total. The van der Waals surface area contributed by atoms with Gasteiger partial charge in [0.1, 0.15) is 18.3 Å². The highest BCUT2D eigenvalue weighted by Gasteiger charge is 2.35.